The van der Waals surface area contributed by atoms with E-state index in [0.29, 0.717) is 44.0 Å². The molecule has 14 nitrogen and oxygen atoms in total. The minimum absolute atomic E-state index is 0.0268. The summed E-state index contributed by atoms with van der Waals surface area (Å²) in [6, 6.07) is 4.87. The largest absolute Gasteiger partial charge is 0.491 e. The maximum atomic E-state index is 11.2. The number of ether oxygens (including phenoxy) is 5. The van der Waals surface area contributed by atoms with Gasteiger partial charge in [0, 0.05) is 56.6 Å². The van der Waals surface area contributed by atoms with Gasteiger partial charge in [-0.25, -0.2) is 4.79 Å². The van der Waals surface area contributed by atoms with Gasteiger partial charge in [0.15, 0.2) is 6.10 Å². The fourth-order valence-corrected chi connectivity index (χ4v) is 3.65. The van der Waals surface area contributed by atoms with Crippen LogP contribution >= 0.6 is 0 Å². The minimum Gasteiger partial charge on any atom is -0.491 e. The van der Waals surface area contributed by atoms with E-state index < -0.39 is 30.4 Å². The summed E-state index contributed by atoms with van der Waals surface area (Å²) in [4.78, 5) is 55.4. The standard InChI is InChI=1S/C20H27NO10.C7H9NO2.C2H6/c1-13(23)29-11-14-2-3-16(28-7-6-27-5-4-21-12-22)10-17(14)30-19-9-15(24)8-18(31-19)20(25)26;1-2-5-8-6(9)3-4-7(8)10;1-2/h2-3,10,12,15,18-19,24H,4-9,11H2,1H3,(H,21,22)(H,25,26);3-4H,2,5H2,1H3;1-2H3. The van der Waals surface area contributed by atoms with Crippen molar-refractivity contribution < 1.29 is 57.9 Å². The molecule has 1 saturated heterocycles. The summed E-state index contributed by atoms with van der Waals surface area (Å²) in [5.41, 5.74) is 0.522. The molecule has 3 amide bonds. The molecule has 0 saturated carbocycles. The highest BCUT2D eigenvalue weighted by Crippen LogP contribution is 2.30. The van der Waals surface area contributed by atoms with Crippen LogP contribution in [0.15, 0.2) is 30.4 Å². The van der Waals surface area contributed by atoms with Crippen molar-refractivity contribution in [3.05, 3.63) is 35.9 Å². The number of carbonyl (C=O) groups excluding carboxylic acids is 4. The molecule has 3 unspecified atom stereocenters. The second-order valence-electron chi connectivity index (χ2n) is 8.88. The number of hydrogen-bond acceptors (Lipinski definition) is 11. The molecule has 1 aromatic carbocycles. The van der Waals surface area contributed by atoms with E-state index in [4.69, 9.17) is 23.7 Å². The van der Waals surface area contributed by atoms with Crippen LogP contribution in [0.3, 0.4) is 0 Å². The molecule has 0 bridgehead atoms. The highest BCUT2D eigenvalue weighted by atomic mass is 16.7. The van der Waals surface area contributed by atoms with Gasteiger partial charge in [-0.1, -0.05) is 20.8 Å². The molecule has 3 atom stereocenters. The first-order valence-electron chi connectivity index (χ1n) is 14.0. The fourth-order valence-electron chi connectivity index (χ4n) is 3.65. The molecule has 3 rings (SSSR count). The van der Waals surface area contributed by atoms with Gasteiger partial charge in [-0.15, -0.1) is 0 Å². The number of carbonyl (C=O) groups is 5. The number of amides is 3. The number of imide groups is 1. The summed E-state index contributed by atoms with van der Waals surface area (Å²) in [6.07, 6.45) is 1.01. The molecule has 240 valence electrons. The van der Waals surface area contributed by atoms with Gasteiger partial charge < -0.3 is 39.2 Å². The Morgan fingerprint density at radius 1 is 1.12 bits per heavy atom. The van der Waals surface area contributed by atoms with Crippen LogP contribution in [0.2, 0.25) is 0 Å². The monoisotopic (exact) mass is 610 g/mol. The number of esters is 1. The summed E-state index contributed by atoms with van der Waals surface area (Å²) < 4.78 is 27.1. The number of benzene rings is 1. The van der Waals surface area contributed by atoms with Crippen LogP contribution in [0, 0.1) is 0 Å². The van der Waals surface area contributed by atoms with Crippen molar-refractivity contribution in [2.24, 2.45) is 0 Å². The summed E-state index contributed by atoms with van der Waals surface area (Å²) in [7, 11) is 0. The summed E-state index contributed by atoms with van der Waals surface area (Å²) in [6.45, 7) is 8.97. The van der Waals surface area contributed by atoms with Crippen molar-refractivity contribution in [2.45, 2.75) is 72.1 Å². The molecule has 2 heterocycles. The average molecular weight is 611 g/mol. The predicted molar refractivity (Wildman–Crippen MR) is 152 cm³/mol. The van der Waals surface area contributed by atoms with Gasteiger partial charge in [0.05, 0.1) is 19.3 Å². The lowest BCUT2D eigenvalue weighted by molar-refractivity contribution is -0.195. The van der Waals surface area contributed by atoms with Gasteiger partial charge in [0.1, 0.15) is 24.7 Å². The number of aliphatic carboxylic acids is 1. The Morgan fingerprint density at radius 2 is 1.81 bits per heavy atom. The SMILES string of the molecule is CC.CC(=O)OCc1ccc(OCCOCCNC=O)cc1OC1CC(O)CC(C(=O)O)O1.CCCN1C(=O)C=CC1=O. The van der Waals surface area contributed by atoms with Crippen molar-refractivity contribution in [3.63, 3.8) is 0 Å². The molecule has 0 aliphatic carbocycles. The van der Waals surface area contributed by atoms with E-state index in [9.17, 15) is 34.2 Å². The number of nitrogens with zero attached hydrogens (tertiary/aromatic N) is 1. The molecule has 1 aromatic rings. The minimum atomic E-state index is -1.19. The third-order valence-electron chi connectivity index (χ3n) is 5.59. The van der Waals surface area contributed by atoms with Gasteiger partial charge in [0.25, 0.3) is 11.8 Å². The van der Waals surface area contributed by atoms with E-state index in [1.165, 1.54) is 24.0 Å². The van der Waals surface area contributed by atoms with Crippen molar-refractivity contribution >= 4 is 30.2 Å². The van der Waals surface area contributed by atoms with E-state index in [1.54, 1.807) is 18.2 Å². The van der Waals surface area contributed by atoms with Crippen LogP contribution in [-0.4, -0.2) is 96.7 Å². The predicted octanol–water partition coefficient (Wildman–Crippen LogP) is 1.57. The number of rotatable bonds is 15. The van der Waals surface area contributed by atoms with Gasteiger partial charge in [-0.05, 0) is 18.6 Å². The van der Waals surface area contributed by atoms with Crippen LogP contribution in [0.4, 0.5) is 0 Å². The summed E-state index contributed by atoms with van der Waals surface area (Å²) in [5, 5.41) is 21.6. The van der Waals surface area contributed by atoms with Crippen molar-refractivity contribution in [2.75, 3.05) is 32.9 Å². The first-order valence-corrected chi connectivity index (χ1v) is 14.0. The highest BCUT2D eigenvalue weighted by molar-refractivity contribution is 6.12. The molecular weight excluding hydrogens is 568 g/mol. The Morgan fingerprint density at radius 3 is 2.42 bits per heavy atom. The van der Waals surface area contributed by atoms with Gasteiger partial charge >= 0.3 is 11.9 Å². The normalized spacial score (nSPS) is 18.9. The Balaban J connectivity index is 0.000000644. The summed E-state index contributed by atoms with van der Waals surface area (Å²) >= 11 is 0. The first-order chi connectivity index (χ1) is 20.6. The van der Waals surface area contributed by atoms with E-state index >= 15 is 0 Å². The Labute approximate surface area is 250 Å². The number of carboxylic acid groups (broad SMARTS) is 1. The molecule has 14 heteroatoms. The molecule has 0 aromatic heterocycles. The lowest BCUT2D eigenvalue weighted by Crippen LogP contribution is -2.42. The van der Waals surface area contributed by atoms with Crippen LogP contribution < -0.4 is 14.8 Å². The maximum absolute atomic E-state index is 11.2. The lowest BCUT2D eigenvalue weighted by atomic mass is 10.1. The molecule has 2 aliphatic rings. The molecule has 0 radical (unpaired) electrons. The quantitative estimate of drug-likeness (QED) is 0.113. The second kappa shape index (κ2) is 20.8. The third kappa shape index (κ3) is 14.1. The molecule has 0 spiro atoms. The molecular formula is C29H42N2O12. The smallest absolute Gasteiger partial charge is 0.333 e. The highest BCUT2D eigenvalue weighted by Gasteiger charge is 2.34. The topological polar surface area (TPSA) is 187 Å². The number of carboxylic acids is 1. The van der Waals surface area contributed by atoms with Crippen molar-refractivity contribution in [1.82, 2.24) is 10.2 Å². The zero-order valence-corrected chi connectivity index (χ0v) is 25.0. The van der Waals surface area contributed by atoms with Crippen molar-refractivity contribution in [3.8, 4) is 11.5 Å². The van der Waals surface area contributed by atoms with Crippen LogP contribution in [0.5, 0.6) is 11.5 Å². The van der Waals surface area contributed by atoms with E-state index in [-0.39, 0.29) is 43.6 Å². The Hall–Kier alpha value is -4.01. The Kier molecular flexibility index (Phi) is 17.9. The average Bonchev–Trinajstić information content (AvgIpc) is 3.30. The molecule has 1 fully saturated rings. The fraction of sp³-hybridized carbons (Fsp3) is 0.552. The van der Waals surface area contributed by atoms with Crippen LogP contribution in [0.1, 0.15) is 52.5 Å². The number of hydrogen-bond donors (Lipinski definition) is 3. The molecule has 43 heavy (non-hydrogen) atoms. The zero-order chi connectivity index (χ0) is 32.2. The van der Waals surface area contributed by atoms with Crippen molar-refractivity contribution in [1.29, 1.82) is 0 Å². The van der Waals surface area contributed by atoms with Crippen LogP contribution in [0.25, 0.3) is 0 Å². The number of nitrogens with one attached hydrogen (secondary N) is 1. The third-order valence-corrected chi connectivity index (χ3v) is 5.59. The van der Waals surface area contributed by atoms with E-state index in [0.717, 1.165) is 6.42 Å². The molecule has 2 aliphatic heterocycles. The van der Waals surface area contributed by atoms with Gasteiger partial charge in [-0.3, -0.25) is 24.1 Å². The van der Waals surface area contributed by atoms with Gasteiger partial charge in [0.2, 0.25) is 12.7 Å². The van der Waals surface area contributed by atoms with Crippen LogP contribution in [-0.2, 0) is 44.8 Å². The van der Waals surface area contributed by atoms with E-state index in [2.05, 4.69) is 5.32 Å². The Bertz CT molecular complexity index is 1060. The number of aliphatic hydroxyl groups is 1. The maximum Gasteiger partial charge on any atom is 0.333 e. The molecule has 3 N–H and O–H groups in total. The van der Waals surface area contributed by atoms with Gasteiger partial charge in [-0.2, -0.15) is 0 Å². The van der Waals surface area contributed by atoms with E-state index in [1.807, 2.05) is 20.8 Å². The summed E-state index contributed by atoms with van der Waals surface area (Å²) in [5.74, 6) is -1.31. The first kappa shape index (κ1) is 37.0. The second-order valence-corrected chi connectivity index (χ2v) is 8.88. The number of aliphatic hydroxyl groups excluding tert-OH is 1. The lowest BCUT2D eigenvalue weighted by Gasteiger charge is -2.31. The zero-order valence-electron chi connectivity index (χ0n) is 25.0.